The summed E-state index contributed by atoms with van der Waals surface area (Å²) in [7, 11) is 0. The molecule has 0 amide bonds. The van der Waals surface area contributed by atoms with Crippen molar-refractivity contribution in [2.45, 2.75) is 6.92 Å². The molecular weight excluding hydrogens is 210 g/mol. The number of carbonyl (C=O) groups excluding carboxylic acids is 1. The number of H-pyrrole nitrogens is 1. The van der Waals surface area contributed by atoms with Gasteiger partial charge in [0.25, 0.3) is 0 Å². The Morgan fingerprint density at radius 1 is 1.69 bits per heavy atom. The number of carbonyl (C=O) groups is 1. The van der Waals surface area contributed by atoms with Gasteiger partial charge in [0.05, 0.1) is 18.3 Å². The summed E-state index contributed by atoms with van der Waals surface area (Å²) < 4.78 is 4.83. The van der Waals surface area contributed by atoms with Crippen LogP contribution >= 0.6 is 0 Å². The van der Waals surface area contributed by atoms with Gasteiger partial charge in [-0.3, -0.25) is 0 Å². The minimum Gasteiger partial charge on any atom is -0.494 e. The van der Waals surface area contributed by atoms with Crippen molar-refractivity contribution < 1.29 is 14.6 Å². The van der Waals surface area contributed by atoms with Gasteiger partial charge >= 0.3 is 5.97 Å². The predicted molar refractivity (Wildman–Crippen MR) is 58.1 cm³/mol. The second kappa shape index (κ2) is 3.73. The van der Waals surface area contributed by atoms with Crippen molar-refractivity contribution in [3.05, 3.63) is 17.8 Å². The van der Waals surface area contributed by atoms with Crippen molar-refractivity contribution in [2.75, 3.05) is 12.3 Å². The smallest absolute Gasteiger partial charge is 0.344 e. The highest BCUT2D eigenvalue weighted by atomic mass is 16.5. The number of anilines is 1. The first-order chi connectivity index (χ1) is 7.63. The molecule has 0 radical (unpaired) electrons. The average molecular weight is 221 g/mol. The standard InChI is InChI=1S/C10H11N3O3/c1-2-16-10(15)8-5-3-7(11)12-4-6(5)13-9(8)14/h3-4,13-14H,2H2,1H3,(H2,11,12). The number of hydrogen-bond acceptors (Lipinski definition) is 5. The molecule has 84 valence electrons. The largest absolute Gasteiger partial charge is 0.494 e. The van der Waals surface area contributed by atoms with E-state index < -0.39 is 5.97 Å². The van der Waals surface area contributed by atoms with Crippen molar-refractivity contribution in [3.63, 3.8) is 0 Å². The number of esters is 1. The summed E-state index contributed by atoms with van der Waals surface area (Å²) in [4.78, 5) is 18.1. The van der Waals surface area contributed by atoms with Crippen LogP contribution in [0.5, 0.6) is 5.88 Å². The summed E-state index contributed by atoms with van der Waals surface area (Å²) in [5.74, 6) is -0.547. The molecule has 6 heteroatoms. The SMILES string of the molecule is CCOC(=O)c1c(O)[nH]c2cnc(N)cc12. The van der Waals surface area contributed by atoms with E-state index in [-0.39, 0.29) is 23.9 Å². The van der Waals surface area contributed by atoms with Gasteiger partial charge < -0.3 is 20.6 Å². The van der Waals surface area contributed by atoms with Crippen LogP contribution in [0.2, 0.25) is 0 Å². The summed E-state index contributed by atoms with van der Waals surface area (Å²) >= 11 is 0. The number of aromatic hydroxyl groups is 1. The van der Waals surface area contributed by atoms with E-state index in [9.17, 15) is 9.90 Å². The van der Waals surface area contributed by atoms with Crippen LogP contribution in [0.15, 0.2) is 12.3 Å². The van der Waals surface area contributed by atoms with Crippen LogP contribution < -0.4 is 5.73 Å². The molecule has 4 N–H and O–H groups in total. The monoisotopic (exact) mass is 221 g/mol. The number of hydrogen-bond donors (Lipinski definition) is 3. The molecule has 2 rings (SSSR count). The molecule has 0 aliphatic carbocycles. The van der Waals surface area contributed by atoms with Gasteiger partial charge in [0.15, 0.2) is 0 Å². The van der Waals surface area contributed by atoms with Gasteiger partial charge in [-0.25, -0.2) is 9.78 Å². The Labute approximate surface area is 91.0 Å². The number of ether oxygens (including phenoxy) is 1. The molecule has 6 nitrogen and oxygen atoms in total. The zero-order valence-electron chi connectivity index (χ0n) is 8.65. The van der Waals surface area contributed by atoms with Gasteiger partial charge in [0, 0.05) is 5.39 Å². The molecule has 0 unspecified atom stereocenters. The molecule has 2 heterocycles. The van der Waals surface area contributed by atoms with Gasteiger partial charge in [-0.05, 0) is 13.0 Å². The highest BCUT2D eigenvalue weighted by Crippen LogP contribution is 2.28. The van der Waals surface area contributed by atoms with Gasteiger partial charge in [0.2, 0.25) is 5.88 Å². The quantitative estimate of drug-likeness (QED) is 0.657. The molecule has 0 fully saturated rings. The normalized spacial score (nSPS) is 10.6. The maximum atomic E-state index is 11.6. The minimum atomic E-state index is -0.586. The fraction of sp³-hybridized carbons (Fsp3) is 0.200. The number of nitrogens with one attached hydrogen (secondary N) is 1. The summed E-state index contributed by atoms with van der Waals surface area (Å²) in [6, 6.07) is 1.51. The molecule has 16 heavy (non-hydrogen) atoms. The zero-order chi connectivity index (χ0) is 11.7. The topological polar surface area (TPSA) is 101 Å². The average Bonchev–Trinajstić information content (AvgIpc) is 2.53. The number of fused-ring (bicyclic) bond motifs is 1. The van der Waals surface area contributed by atoms with E-state index in [1.807, 2.05) is 0 Å². The van der Waals surface area contributed by atoms with Crippen LogP contribution in [0.3, 0.4) is 0 Å². The highest BCUT2D eigenvalue weighted by Gasteiger charge is 2.19. The summed E-state index contributed by atoms with van der Waals surface area (Å²) in [6.45, 7) is 1.94. The van der Waals surface area contributed by atoms with Gasteiger partial charge in [-0.1, -0.05) is 0 Å². The van der Waals surface area contributed by atoms with Crippen molar-refractivity contribution in [1.29, 1.82) is 0 Å². The van der Waals surface area contributed by atoms with Crippen molar-refractivity contribution in [3.8, 4) is 5.88 Å². The Morgan fingerprint density at radius 2 is 2.44 bits per heavy atom. The molecule has 2 aromatic heterocycles. The number of aromatic nitrogens is 2. The number of pyridine rings is 1. The fourth-order valence-electron chi connectivity index (χ4n) is 1.51. The lowest BCUT2D eigenvalue weighted by molar-refractivity contribution is 0.0525. The van der Waals surface area contributed by atoms with Crippen molar-refractivity contribution in [2.24, 2.45) is 0 Å². The third-order valence-electron chi connectivity index (χ3n) is 2.16. The van der Waals surface area contributed by atoms with Gasteiger partial charge in [-0.15, -0.1) is 0 Å². The first-order valence-corrected chi connectivity index (χ1v) is 4.76. The number of nitrogens with two attached hydrogens (primary N) is 1. The van der Waals surface area contributed by atoms with Crippen molar-refractivity contribution in [1.82, 2.24) is 9.97 Å². The molecule has 0 aliphatic rings. The van der Waals surface area contributed by atoms with E-state index in [1.165, 1.54) is 12.3 Å². The van der Waals surface area contributed by atoms with Crippen LogP contribution in [-0.4, -0.2) is 27.7 Å². The lowest BCUT2D eigenvalue weighted by Gasteiger charge is -2.00. The van der Waals surface area contributed by atoms with E-state index in [2.05, 4.69) is 9.97 Å². The molecule has 0 saturated carbocycles. The van der Waals surface area contributed by atoms with Crippen LogP contribution in [0, 0.1) is 0 Å². The first kappa shape index (κ1) is 10.3. The number of nitrogens with zero attached hydrogens (tertiary/aromatic N) is 1. The Bertz CT molecular complexity index is 547. The summed E-state index contributed by atoms with van der Waals surface area (Å²) in [5, 5.41) is 10.1. The molecule has 0 bridgehead atoms. The molecule has 2 aromatic rings. The van der Waals surface area contributed by atoms with Gasteiger partial charge in [0.1, 0.15) is 11.4 Å². The molecule has 0 spiro atoms. The van der Waals surface area contributed by atoms with Crippen molar-refractivity contribution >= 4 is 22.7 Å². The summed E-state index contributed by atoms with van der Waals surface area (Å²) in [6.07, 6.45) is 1.45. The lowest BCUT2D eigenvalue weighted by atomic mass is 10.2. The molecule has 0 aliphatic heterocycles. The predicted octanol–water partition coefficient (Wildman–Crippen LogP) is 1.03. The van der Waals surface area contributed by atoms with Gasteiger partial charge in [-0.2, -0.15) is 0 Å². The number of aromatic amines is 1. The van der Waals surface area contributed by atoms with Crippen LogP contribution in [0.4, 0.5) is 5.82 Å². The van der Waals surface area contributed by atoms with E-state index in [4.69, 9.17) is 10.5 Å². The second-order valence-electron chi connectivity index (χ2n) is 3.22. The highest BCUT2D eigenvalue weighted by molar-refractivity contribution is 6.07. The lowest BCUT2D eigenvalue weighted by Crippen LogP contribution is -2.04. The molecule has 0 atom stereocenters. The number of rotatable bonds is 2. The van der Waals surface area contributed by atoms with Crippen LogP contribution in [0.25, 0.3) is 10.9 Å². The maximum absolute atomic E-state index is 11.6. The third kappa shape index (κ3) is 1.54. The number of nitrogen functional groups attached to an aromatic ring is 1. The van der Waals surface area contributed by atoms with E-state index in [0.29, 0.717) is 10.9 Å². The van der Waals surface area contributed by atoms with Crippen LogP contribution in [-0.2, 0) is 4.74 Å². The Kier molecular flexibility index (Phi) is 2.40. The first-order valence-electron chi connectivity index (χ1n) is 4.76. The maximum Gasteiger partial charge on any atom is 0.344 e. The Hall–Kier alpha value is -2.24. The van der Waals surface area contributed by atoms with E-state index >= 15 is 0 Å². The molecule has 0 saturated heterocycles. The minimum absolute atomic E-state index is 0.0888. The Balaban J connectivity index is 2.62. The molecular formula is C10H11N3O3. The van der Waals surface area contributed by atoms with E-state index in [0.717, 1.165) is 0 Å². The zero-order valence-corrected chi connectivity index (χ0v) is 8.65. The van der Waals surface area contributed by atoms with Crippen LogP contribution in [0.1, 0.15) is 17.3 Å². The Morgan fingerprint density at radius 3 is 3.12 bits per heavy atom. The molecule has 0 aromatic carbocycles. The second-order valence-corrected chi connectivity index (χ2v) is 3.22. The fourth-order valence-corrected chi connectivity index (χ4v) is 1.51. The van der Waals surface area contributed by atoms with E-state index in [1.54, 1.807) is 6.92 Å². The third-order valence-corrected chi connectivity index (χ3v) is 2.16. The summed E-state index contributed by atoms with van der Waals surface area (Å²) in [5.41, 5.74) is 6.14.